The molecule has 4 rings (SSSR count). The lowest BCUT2D eigenvalue weighted by molar-refractivity contribution is -0.174. The van der Waals surface area contributed by atoms with Crippen LogP contribution in [0.15, 0.2) is 24.8 Å². The van der Waals surface area contributed by atoms with Gasteiger partial charge in [-0.25, -0.2) is 15.0 Å². The van der Waals surface area contributed by atoms with Crippen molar-refractivity contribution in [3.8, 4) is 0 Å². The van der Waals surface area contributed by atoms with E-state index in [9.17, 15) is 13.2 Å². The van der Waals surface area contributed by atoms with E-state index in [1.54, 1.807) is 18.5 Å². The van der Waals surface area contributed by atoms with Crippen molar-refractivity contribution in [2.75, 3.05) is 36.5 Å². The second-order valence-electron chi connectivity index (χ2n) is 7.73. The highest BCUT2D eigenvalue weighted by molar-refractivity contribution is 5.88. The Balaban J connectivity index is 1.64. The number of hydrogen-bond acceptors (Lipinski definition) is 9. The molecule has 4 heterocycles. The Morgan fingerprint density at radius 3 is 2.69 bits per heavy atom. The highest BCUT2D eigenvalue weighted by Crippen LogP contribution is 2.27. The molecule has 0 aromatic carbocycles. The van der Waals surface area contributed by atoms with E-state index in [4.69, 9.17) is 9.72 Å². The van der Waals surface area contributed by atoms with Crippen molar-refractivity contribution < 1.29 is 17.9 Å². The summed E-state index contributed by atoms with van der Waals surface area (Å²) in [5, 5.41) is 10.9. The number of ether oxygens (including phenoxy) is 1. The van der Waals surface area contributed by atoms with Gasteiger partial charge >= 0.3 is 6.18 Å². The molecule has 3 aromatic heterocycles. The van der Waals surface area contributed by atoms with E-state index in [0.29, 0.717) is 28.6 Å². The topological polar surface area (TPSA) is 106 Å². The van der Waals surface area contributed by atoms with Gasteiger partial charge in [0.25, 0.3) is 0 Å². The number of alkyl halides is 3. The number of anilines is 3. The molecule has 1 aliphatic rings. The first-order valence-electron chi connectivity index (χ1n) is 10.2. The lowest BCUT2D eigenvalue weighted by Gasteiger charge is -2.36. The van der Waals surface area contributed by atoms with Gasteiger partial charge < -0.3 is 20.3 Å². The molecule has 13 heteroatoms. The van der Waals surface area contributed by atoms with Crippen molar-refractivity contribution in [2.45, 2.75) is 38.7 Å². The molecule has 0 radical (unpaired) electrons. The van der Waals surface area contributed by atoms with Crippen LogP contribution in [0.3, 0.4) is 0 Å². The van der Waals surface area contributed by atoms with E-state index in [1.807, 2.05) is 0 Å². The number of fused-ring (bicyclic) bond motifs is 1. The standard InChI is InChI=1S/C19H24F3N9O/c1-12-8-30(9-13(2)26-12)18-27-14-7-25-31(5-6-32-10-19(20,21)22)16(14)17(29-18)28-15-3-4-23-11-24-15/h3-4,7,11-13,26H,5-6,8-10H2,1-2H3,(H,23,24,27,28,29)/t12-,13-/m1/s1. The fourth-order valence-corrected chi connectivity index (χ4v) is 3.70. The summed E-state index contributed by atoms with van der Waals surface area (Å²) in [5.41, 5.74) is 1.13. The van der Waals surface area contributed by atoms with Crippen LogP contribution in [0.1, 0.15) is 13.8 Å². The van der Waals surface area contributed by atoms with Crippen LogP contribution in [0.5, 0.6) is 0 Å². The zero-order chi connectivity index (χ0) is 22.7. The predicted octanol–water partition coefficient (Wildman–Crippen LogP) is 2.13. The molecular formula is C19H24F3N9O. The summed E-state index contributed by atoms with van der Waals surface area (Å²) in [6.45, 7) is 4.32. The fraction of sp³-hybridized carbons (Fsp3) is 0.526. The largest absolute Gasteiger partial charge is 0.411 e. The molecule has 1 fully saturated rings. The van der Waals surface area contributed by atoms with Gasteiger partial charge in [-0.2, -0.15) is 23.3 Å². The zero-order valence-electron chi connectivity index (χ0n) is 17.7. The summed E-state index contributed by atoms with van der Waals surface area (Å²) in [4.78, 5) is 19.6. The van der Waals surface area contributed by atoms with Crippen molar-refractivity contribution in [1.82, 2.24) is 35.0 Å². The molecule has 0 bridgehead atoms. The molecule has 0 spiro atoms. The summed E-state index contributed by atoms with van der Waals surface area (Å²) in [6, 6.07) is 2.23. The lowest BCUT2D eigenvalue weighted by atomic mass is 10.1. The normalized spacial score (nSPS) is 19.5. The molecule has 1 aliphatic heterocycles. The third kappa shape index (κ3) is 5.40. The minimum Gasteiger partial charge on any atom is -0.370 e. The van der Waals surface area contributed by atoms with Crippen molar-refractivity contribution in [2.24, 2.45) is 0 Å². The van der Waals surface area contributed by atoms with Crippen LogP contribution >= 0.6 is 0 Å². The Labute approximate surface area is 182 Å². The highest BCUT2D eigenvalue weighted by Gasteiger charge is 2.28. The molecule has 172 valence electrons. The fourth-order valence-electron chi connectivity index (χ4n) is 3.70. The van der Waals surface area contributed by atoms with Gasteiger partial charge in [0, 0.05) is 31.4 Å². The number of rotatable bonds is 7. The van der Waals surface area contributed by atoms with Crippen molar-refractivity contribution >= 4 is 28.6 Å². The molecule has 0 unspecified atom stereocenters. The average molecular weight is 451 g/mol. The number of nitrogens with one attached hydrogen (secondary N) is 2. The monoisotopic (exact) mass is 451 g/mol. The van der Waals surface area contributed by atoms with Gasteiger partial charge in [0.1, 0.15) is 29.8 Å². The van der Waals surface area contributed by atoms with Crippen LogP contribution in [-0.4, -0.2) is 74.3 Å². The molecule has 32 heavy (non-hydrogen) atoms. The number of aromatic nitrogens is 6. The molecule has 1 saturated heterocycles. The number of halogens is 3. The van der Waals surface area contributed by atoms with Gasteiger partial charge in [0.05, 0.1) is 19.3 Å². The maximum Gasteiger partial charge on any atom is 0.411 e. The minimum absolute atomic E-state index is 0.114. The summed E-state index contributed by atoms with van der Waals surface area (Å²) in [5.74, 6) is 1.52. The molecule has 2 atom stereocenters. The summed E-state index contributed by atoms with van der Waals surface area (Å²) >= 11 is 0. The van der Waals surface area contributed by atoms with Gasteiger partial charge in [-0.1, -0.05) is 0 Å². The summed E-state index contributed by atoms with van der Waals surface area (Å²) in [6.07, 6.45) is 0.201. The van der Waals surface area contributed by atoms with Crippen LogP contribution in [-0.2, 0) is 11.3 Å². The van der Waals surface area contributed by atoms with Crippen LogP contribution in [0.2, 0.25) is 0 Å². The predicted molar refractivity (Wildman–Crippen MR) is 112 cm³/mol. The molecule has 0 aliphatic carbocycles. The SMILES string of the molecule is C[C@@H]1CN(c2nc(Nc3ccncn3)c3c(cnn3CCOCC(F)(F)F)n2)C[C@@H](C)N1. The first-order chi connectivity index (χ1) is 15.3. The van der Waals surface area contributed by atoms with Crippen LogP contribution in [0, 0.1) is 0 Å². The maximum atomic E-state index is 12.4. The zero-order valence-corrected chi connectivity index (χ0v) is 17.7. The van der Waals surface area contributed by atoms with Crippen LogP contribution < -0.4 is 15.5 Å². The smallest absolute Gasteiger partial charge is 0.370 e. The molecule has 2 N–H and O–H groups in total. The molecule has 10 nitrogen and oxygen atoms in total. The molecular weight excluding hydrogens is 427 g/mol. The van der Waals surface area contributed by atoms with Gasteiger partial charge in [-0.15, -0.1) is 0 Å². The van der Waals surface area contributed by atoms with Gasteiger partial charge in [-0.05, 0) is 19.9 Å². The first kappa shape index (κ1) is 22.1. The Bertz CT molecular complexity index is 1030. The molecule has 3 aromatic rings. The average Bonchev–Trinajstić information content (AvgIpc) is 3.14. The number of hydrogen-bond donors (Lipinski definition) is 2. The van der Waals surface area contributed by atoms with E-state index < -0.39 is 12.8 Å². The first-order valence-corrected chi connectivity index (χ1v) is 10.2. The van der Waals surface area contributed by atoms with Crippen molar-refractivity contribution in [3.05, 3.63) is 24.8 Å². The van der Waals surface area contributed by atoms with Gasteiger partial charge in [0.2, 0.25) is 5.95 Å². The lowest BCUT2D eigenvalue weighted by Crippen LogP contribution is -2.54. The Kier molecular flexibility index (Phi) is 6.37. The van der Waals surface area contributed by atoms with E-state index in [2.05, 4.69) is 49.4 Å². The Hall–Kier alpha value is -3.06. The van der Waals surface area contributed by atoms with E-state index in [-0.39, 0.29) is 25.2 Å². The van der Waals surface area contributed by atoms with Crippen molar-refractivity contribution in [3.63, 3.8) is 0 Å². The third-order valence-electron chi connectivity index (χ3n) is 4.86. The van der Waals surface area contributed by atoms with Gasteiger partial charge in [0.15, 0.2) is 5.82 Å². The second kappa shape index (κ2) is 9.20. The van der Waals surface area contributed by atoms with Crippen molar-refractivity contribution in [1.29, 1.82) is 0 Å². The summed E-state index contributed by atoms with van der Waals surface area (Å²) < 4.78 is 43.3. The second-order valence-corrected chi connectivity index (χ2v) is 7.73. The minimum atomic E-state index is -4.37. The van der Waals surface area contributed by atoms with Crippen LogP contribution in [0.4, 0.5) is 30.8 Å². The summed E-state index contributed by atoms with van der Waals surface area (Å²) in [7, 11) is 0. The Morgan fingerprint density at radius 1 is 1.22 bits per heavy atom. The number of nitrogens with zero attached hydrogens (tertiary/aromatic N) is 7. The number of piperazine rings is 1. The third-order valence-corrected chi connectivity index (χ3v) is 4.86. The van der Waals surface area contributed by atoms with Crippen LogP contribution in [0.25, 0.3) is 11.0 Å². The van der Waals surface area contributed by atoms with E-state index in [0.717, 1.165) is 13.1 Å². The maximum absolute atomic E-state index is 12.4. The molecule has 0 saturated carbocycles. The van der Waals surface area contributed by atoms with E-state index >= 15 is 0 Å². The van der Waals surface area contributed by atoms with Gasteiger partial charge in [-0.3, -0.25) is 4.68 Å². The quantitative estimate of drug-likeness (QED) is 0.523. The Morgan fingerprint density at radius 2 is 2.00 bits per heavy atom. The highest BCUT2D eigenvalue weighted by atomic mass is 19.4. The van der Waals surface area contributed by atoms with E-state index in [1.165, 1.54) is 11.0 Å². The molecule has 0 amide bonds.